The fraction of sp³-hybridized carbons (Fsp3) is 0.250. The van der Waals surface area contributed by atoms with E-state index in [0.29, 0.717) is 48.1 Å². The molecule has 0 saturated carbocycles. The van der Waals surface area contributed by atoms with E-state index in [-0.39, 0.29) is 17.0 Å². The van der Waals surface area contributed by atoms with Crippen molar-refractivity contribution < 1.29 is 23.8 Å². The summed E-state index contributed by atoms with van der Waals surface area (Å²) in [6.45, 7) is 3.25. The summed E-state index contributed by atoms with van der Waals surface area (Å²) in [5.41, 5.74) is 1.49. The summed E-state index contributed by atoms with van der Waals surface area (Å²) in [6.07, 6.45) is 0.767. The molecule has 0 bridgehead atoms. The minimum Gasteiger partial charge on any atom is -0.486 e. The first-order valence-electron chi connectivity index (χ1n) is 8.86. The lowest BCUT2D eigenvalue weighted by Gasteiger charge is -2.18. The van der Waals surface area contributed by atoms with Crippen LogP contribution in [0.1, 0.15) is 34.1 Å². The van der Waals surface area contributed by atoms with E-state index in [1.54, 1.807) is 42.5 Å². The van der Waals surface area contributed by atoms with Crippen LogP contribution in [0.2, 0.25) is 0 Å². The van der Waals surface area contributed by atoms with Gasteiger partial charge in [0.2, 0.25) is 0 Å². The topological polar surface area (TPSA) is 85.9 Å². The molecule has 7 nitrogen and oxygen atoms in total. The molecule has 8 heteroatoms. The molecule has 146 valence electrons. The van der Waals surface area contributed by atoms with E-state index in [4.69, 9.17) is 26.4 Å². The fourth-order valence-electron chi connectivity index (χ4n) is 2.49. The lowest BCUT2D eigenvalue weighted by atomic mass is 10.2. The largest absolute Gasteiger partial charge is 0.486 e. The van der Waals surface area contributed by atoms with Gasteiger partial charge in [0.25, 0.3) is 5.91 Å². The third-order valence-electron chi connectivity index (χ3n) is 3.85. The SMILES string of the molecule is CCCOC(=O)c1ccc(NC(=S)NC(=O)c2ccc3c(c2)OCCO3)cc1. The van der Waals surface area contributed by atoms with Gasteiger partial charge >= 0.3 is 5.97 Å². The second-order valence-corrected chi connectivity index (χ2v) is 6.39. The van der Waals surface area contributed by atoms with Gasteiger partial charge in [-0.25, -0.2) is 4.79 Å². The highest BCUT2D eigenvalue weighted by molar-refractivity contribution is 7.80. The zero-order valence-corrected chi connectivity index (χ0v) is 16.1. The number of amides is 1. The molecule has 2 aromatic rings. The quantitative estimate of drug-likeness (QED) is 0.589. The Bertz CT molecular complexity index is 883. The summed E-state index contributed by atoms with van der Waals surface area (Å²) in [5, 5.41) is 5.66. The summed E-state index contributed by atoms with van der Waals surface area (Å²) in [6, 6.07) is 11.6. The number of nitrogens with one attached hydrogen (secondary N) is 2. The Morgan fingerprint density at radius 2 is 1.71 bits per heavy atom. The van der Waals surface area contributed by atoms with Crippen molar-refractivity contribution in [1.29, 1.82) is 0 Å². The van der Waals surface area contributed by atoms with Gasteiger partial charge < -0.3 is 19.5 Å². The smallest absolute Gasteiger partial charge is 0.338 e. The Labute approximate surface area is 168 Å². The molecule has 28 heavy (non-hydrogen) atoms. The van der Waals surface area contributed by atoms with Crippen molar-refractivity contribution in [3.63, 3.8) is 0 Å². The summed E-state index contributed by atoms with van der Waals surface area (Å²) in [5.74, 6) is 0.404. The van der Waals surface area contributed by atoms with Crippen molar-refractivity contribution in [2.45, 2.75) is 13.3 Å². The van der Waals surface area contributed by atoms with Crippen LogP contribution in [0.5, 0.6) is 11.5 Å². The number of fused-ring (bicyclic) bond motifs is 1. The molecule has 3 rings (SSSR count). The van der Waals surface area contributed by atoms with Crippen molar-refractivity contribution in [1.82, 2.24) is 5.32 Å². The van der Waals surface area contributed by atoms with E-state index in [1.807, 2.05) is 6.92 Å². The Balaban J connectivity index is 1.56. The molecule has 0 saturated heterocycles. The van der Waals surface area contributed by atoms with Gasteiger partial charge in [0.1, 0.15) is 13.2 Å². The number of benzene rings is 2. The van der Waals surface area contributed by atoms with Crippen molar-refractivity contribution in [2.75, 3.05) is 25.1 Å². The number of thiocarbonyl (C=S) groups is 1. The van der Waals surface area contributed by atoms with Crippen molar-refractivity contribution in [2.24, 2.45) is 0 Å². The van der Waals surface area contributed by atoms with Crippen LogP contribution in [0, 0.1) is 0 Å². The monoisotopic (exact) mass is 400 g/mol. The number of carbonyl (C=O) groups is 2. The lowest BCUT2D eigenvalue weighted by molar-refractivity contribution is 0.0505. The van der Waals surface area contributed by atoms with Crippen LogP contribution in [0.15, 0.2) is 42.5 Å². The molecule has 1 aliphatic heterocycles. The third-order valence-corrected chi connectivity index (χ3v) is 4.05. The predicted octanol–water partition coefficient (Wildman–Crippen LogP) is 3.15. The molecule has 1 aliphatic rings. The molecule has 0 radical (unpaired) electrons. The van der Waals surface area contributed by atoms with Crippen LogP contribution in [0.4, 0.5) is 5.69 Å². The number of rotatable bonds is 5. The average Bonchev–Trinajstić information content (AvgIpc) is 2.72. The van der Waals surface area contributed by atoms with Crippen LogP contribution in [0.25, 0.3) is 0 Å². The number of ether oxygens (including phenoxy) is 3. The Morgan fingerprint density at radius 3 is 2.43 bits per heavy atom. The maximum atomic E-state index is 12.4. The molecule has 0 atom stereocenters. The van der Waals surface area contributed by atoms with Gasteiger partial charge in [0.15, 0.2) is 16.6 Å². The fourth-order valence-corrected chi connectivity index (χ4v) is 2.70. The number of anilines is 1. The highest BCUT2D eigenvalue weighted by atomic mass is 32.1. The first-order valence-corrected chi connectivity index (χ1v) is 9.27. The summed E-state index contributed by atoms with van der Waals surface area (Å²) in [4.78, 5) is 24.2. The highest BCUT2D eigenvalue weighted by Gasteiger charge is 2.16. The van der Waals surface area contributed by atoms with Gasteiger partial charge in [-0.1, -0.05) is 6.92 Å². The van der Waals surface area contributed by atoms with Crippen molar-refractivity contribution in [3.8, 4) is 11.5 Å². The van der Waals surface area contributed by atoms with Gasteiger partial charge in [-0.05, 0) is 61.1 Å². The van der Waals surface area contributed by atoms with E-state index in [0.717, 1.165) is 6.42 Å². The van der Waals surface area contributed by atoms with Crippen LogP contribution in [-0.2, 0) is 4.74 Å². The minimum atomic E-state index is -0.372. The molecule has 0 fully saturated rings. The van der Waals surface area contributed by atoms with E-state index in [2.05, 4.69) is 10.6 Å². The van der Waals surface area contributed by atoms with Crippen LogP contribution in [-0.4, -0.2) is 36.8 Å². The lowest BCUT2D eigenvalue weighted by Crippen LogP contribution is -2.34. The van der Waals surface area contributed by atoms with Gasteiger partial charge in [0.05, 0.1) is 12.2 Å². The third kappa shape index (κ3) is 4.98. The van der Waals surface area contributed by atoms with Crippen LogP contribution in [0.3, 0.4) is 0 Å². The predicted molar refractivity (Wildman–Crippen MR) is 108 cm³/mol. The zero-order valence-electron chi connectivity index (χ0n) is 15.3. The van der Waals surface area contributed by atoms with E-state index >= 15 is 0 Å². The minimum absolute atomic E-state index is 0.140. The summed E-state index contributed by atoms with van der Waals surface area (Å²) in [7, 11) is 0. The molecule has 1 heterocycles. The standard InChI is InChI=1S/C20H20N2O5S/c1-2-9-27-19(24)13-3-6-15(7-4-13)21-20(28)22-18(23)14-5-8-16-17(12-14)26-11-10-25-16/h3-8,12H,2,9-11H2,1H3,(H2,21,22,23,28). The highest BCUT2D eigenvalue weighted by Crippen LogP contribution is 2.30. The number of carbonyl (C=O) groups excluding carboxylic acids is 2. The zero-order chi connectivity index (χ0) is 19.9. The molecular weight excluding hydrogens is 380 g/mol. The van der Waals surface area contributed by atoms with E-state index in [9.17, 15) is 9.59 Å². The van der Waals surface area contributed by atoms with Crippen LogP contribution < -0.4 is 20.1 Å². The van der Waals surface area contributed by atoms with Gasteiger partial charge in [-0.15, -0.1) is 0 Å². The second kappa shape index (κ2) is 9.18. The molecule has 1 amide bonds. The van der Waals surface area contributed by atoms with E-state index in [1.165, 1.54) is 0 Å². The van der Waals surface area contributed by atoms with Crippen molar-refractivity contribution in [3.05, 3.63) is 53.6 Å². The Hall–Kier alpha value is -3.13. The molecule has 0 unspecified atom stereocenters. The van der Waals surface area contributed by atoms with Crippen LogP contribution >= 0.6 is 12.2 Å². The maximum absolute atomic E-state index is 12.4. The Morgan fingerprint density at radius 1 is 1.04 bits per heavy atom. The van der Waals surface area contributed by atoms with Gasteiger partial charge in [-0.2, -0.15) is 0 Å². The maximum Gasteiger partial charge on any atom is 0.338 e. The average molecular weight is 400 g/mol. The molecule has 0 aromatic heterocycles. The molecular formula is C20H20N2O5S. The molecule has 0 aliphatic carbocycles. The first-order chi connectivity index (χ1) is 13.6. The number of esters is 1. The molecule has 2 N–H and O–H groups in total. The number of hydrogen-bond donors (Lipinski definition) is 2. The molecule has 2 aromatic carbocycles. The van der Waals surface area contributed by atoms with E-state index < -0.39 is 0 Å². The second-order valence-electron chi connectivity index (χ2n) is 5.98. The normalized spacial score (nSPS) is 12.0. The molecule has 0 spiro atoms. The summed E-state index contributed by atoms with van der Waals surface area (Å²) < 4.78 is 16.0. The summed E-state index contributed by atoms with van der Waals surface area (Å²) >= 11 is 5.18. The van der Waals surface area contributed by atoms with Gasteiger partial charge in [-0.3, -0.25) is 10.1 Å². The Kier molecular flexibility index (Phi) is 6.44. The van der Waals surface area contributed by atoms with Crippen molar-refractivity contribution >= 4 is 34.9 Å². The van der Waals surface area contributed by atoms with Gasteiger partial charge in [0, 0.05) is 11.3 Å². The number of hydrogen-bond acceptors (Lipinski definition) is 6. The first kappa shape index (κ1) is 19.6.